The Balaban J connectivity index is 1.44. The lowest BCUT2D eigenvalue weighted by Gasteiger charge is -2.24. The maximum atomic E-state index is 13.7. The first kappa shape index (κ1) is 27.6. The summed E-state index contributed by atoms with van der Waals surface area (Å²) in [5.74, 6) is 0.335. The summed E-state index contributed by atoms with van der Waals surface area (Å²) in [6.45, 7) is 2.24. The van der Waals surface area contributed by atoms with Crippen LogP contribution in [0.4, 0.5) is 5.95 Å². The number of rotatable bonds is 10. The average Bonchev–Trinajstić information content (AvgIpc) is 3.63. The molecule has 1 aliphatic heterocycles. The predicted molar refractivity (Wildman–Crippen MR) is 153 cm³/mol. The second-order valence-corrected chi connectivity index (χ2v) is 11.6. The summed E-state index contributed by atoms with van der Waals surface area (Å²) in [4.78, 5) is 18.2. The first-order chi connectivity index (χ1) is 19.3. The van der Waals surface area contributed by atoms with Crippen LogP contribution in [-0.2, 0) is 19.6 Å². The van der Waals surface area contributed by atoms with Crippen LogP contribution in [0.25, 0.3) is 16.9 Å². The molecule has 5 rings (SSSR count). The number of benzene rings is 3. The molecule has 10 heteroatoms. The van der Waals surface area contributed by atoms with Crippen molar-refractivity contribution in [2.45, 2.75) is 30.8 Å². The highest BCUT2D eigenvalue weighted by atomic mass is 32.2. The quantitative estimate of drug-likeness (QED) is 0.303. The highest BCUT2D eigenvalue weighted by Gasteiger charge is 2.31. The van der Waals surface area contributed by atoms with E-state index in [0.717, 1.165) is 29.7 Å². The molecule has 0 aliphatic carbocycles. The fraction of sp³-hybridized carbons (Fsp3) is 0.267. The minimum Gasteiger partial charge on any atom is -0.497 e. The van der Waals surface area contributed by atoms with Crippen LogP contribution in [0, 0.1) is 6.92 Å². The first-order valence-electron chi connectivity index (χ1n) is 13.1. The molecule has 1 atom stereocenters. The van der Waals surface area contributed by atoms with Gasteiger partial charge in [-0.05, 0) is 61.7 Å². The summed E-state index contributed by atoms with van der Waals surface area (Å²) >= 11 is 0. The van der Waals surface area contributed by atoms with Crippen LogP contribution >= 0.6 is 0 Å². The van der Waals surface area contributed by atoms with Crippen molar-refractivity contribution in [3.05, 3.63) is 90.6 Å². The Morgan fingerprint density at radius 1 is 1.10 bits per heavy atom. The molecule has 2 heterocycles. The van der Waals surface area contributed by atoms with Gasteiger partial charge in [0.15, 0.2) is 0 Å². The standard InChI is InChI=1S/C30H32N4O5S/c1-22-8-6-11-24(18-22)34-20-28(23-9-4-3-5-10-23)31-30(34)32-29(35)21-33(19-26-12-7-17-39-26)40(36,37)27-15-13-25(38-2)14-16-27/h3-6,8-11,13-16,18,20,26H,7,12,17,19,21H2,1-2H3,(H,31,32,35)/t26-/m1/s1. The Morgan fingerprint density at radius 2 is 1.88 bits per heavy atom. The van der Waals surface area contributed by atoms with Crippen molar-refractivity contribution in [3.8, 4) is 22.7 Å². The number of aryl methyl sites for hydroxylation is 1. The van der Waals surface area contributed by atoms with Crippen molar-refractivity contribution in [3.63, 3.8) is 0 Å². The number of methoxy groups -OCH3 is 1. The van der Waals surface area contributed by atoms with E-state index in [1.54, 1.807) is 16.7 Å². The molecule has 40 heavy (non-hydrogen) atoms. The van der Waals surface area contributed by atoms with Gasteiger partial charge in [-0.1, -0.05) is 42.5 Å². The number of aromatic nitrogens is 2. The molecule has 208 valence electrons. The molecule has 1 aliphatic rings. The van der Waals surface area contributed by atoms with E-state index in [9.17, 15) is 13.2 Å². The third-order valence-corrected chi connectivity index (χ3v) is 8.58. The zero-order chi connectivity index (χ0) is 28.1. The summed E-state index contributed by atoms with van der Waals surface area (Å²) in [6, 6.07) is 23.6. The highest BCUT2D eigenvalue weighted by molar-refractivity contribution is 7.89. The highest BCUT2D eigenvalue weighted by Crippen LogP contribution is 2.26. The zero-order valence-electron chi connectivity index (χ0n) is 22.5. The molecule has 1 aromatic heterocycles. The fourth-order valence-corrected chi connectivity index (χ4v) is 6.10. The van der Waals surface area contributed by atoms with Crippen LogP contribution in [0.2, 0.25) is 0 Å². The first-order valence-corrected chi connectivity index (χ1v) is 14.5. The van der Waals surface area contributed by atoms with Crippen LogP contribution in [0.15, 0.2) is 90.0 Å². The maximum absolute atomic E-state index is 13.7. The molecule has 1 amide bonds. The van der Waals surface area contributed by atoms with Gasteiger partial charge in [0.1, 0.15) is 5.75 Å². The molecule has 3 aromatic carbocycles. The van der Waals surface area contributed by atoms with E-state index >= 15 is 0 Å². The van der Waals surface area contributed by atoms with Crippen molar-refractivity contribution in [2.24, 2.45) is 0 Å². The van der Waals surface area contributed by atoms with Crippen LogP contribution in [-0.4, -0.2) is 61.1 Å². The van der Waals surface area contributed by atoms with Crippen LogP contribution in [0.3, 0.4) is 0 Å². The number of nitrogens with zero attached hydrogens (tertiary/aromatic N) is 3. The van der Waals surface area contributed by atoms with E-state index in [0.29, 0.717) is 24.0 Å². The van der Waals surface area contributed by atoms with Gasteiger partial charge >= 0.3 is 0 Å². The lowest BCUT2D eigenvalue weighted by Crippen LogP contribution is -2.42. The van der Waals surface area contributed by atoms with Gasteiger partial charge < -0.3 is 9.47 Å². The van der Waals surface area contributed by atoms with Crippen LogP contribution in [0.5, 0.6) is 5.75 Å². The number of anilines is 1. The van der Waals surface area contributed by atoms with E-state index in [1.165, 1.54) is 23.5 Å². The van der Waals surface area contributed by atoms with E-state index in [-0.39, 0.29) is 17.5 Å². The molecular formula is C30H32N4O5S. The Morgan fingerprint density at radius 3 is 2.55 bits per heavy atom. The monoisotopic (exact) mass is 560 g/mol. The summed E-state index contributed by atoms with van der Waals surface area (Å²) in [5, 5.41) is 2.86. The number of imidazole rings is 1. The molecular weight excluding hydrogens is 528 g/mol. The lowest BCUT2D eigenvalue weighted by molar-refractivity contribution is -0.116. The van der Waals surface area contributed by atoms with Gasteiger partial charge in [-0.2, -0.15) is 4.31 Å². The van der Waals surface area contributed by atoms with Gasteiger partial charge in [-0.25, -0.2) is 13.4 Å². The molecule has 0 saturated carbocycles. The molecule has 1 saturated heterocycles. The number of amides is 1. The average molecular weight is 561 g/mol. The number of carbonyl (C=O) groups is 1. The molecule has 0 unspecified atom stereocenters. The minimum absolute atomic E-state index is 0.0728. The maximum Gasteiger partial charge on any atom is 0.243 e. The third-order valence-electron chi connectivity index (χ3n) is 6.75. The number of ether oxygens (including phenoxy) is 2. The van der Waals surface area contributed by atoms with Crippen molar-refractivity contribution in [2.75, 3.05) is 32.1 Å². The van der Waals surface area contributed by atoms with Gasteiger partial charge in [-0.15, -0.1) is 0 Å². The molecule has 0 spiro atoms. The molecule has 4 aromatic rings. The van der Waals surface area contributed by atoms with Crippen molar-refractivity contribution in [1.29, 1.82) is 0 Å². The number of sulfonamides is 1. The summed E-state index contributed by atoms with van der Waals surface area (Å²) in [5.41, 5.74) is 3.45. The minimum atomic E-state index is -4.00. The molecule has 0 radical (unpaired) electrons. The Bertz CT molecular complexity index is 1560. The zero-order valence-corrected chi connectivity index (χ0v) is 23.3. The normalized spacial score (nSPS) is 15.3. The van der Waals surface area contributed by atoms with E-state index < -0.39 is 22.5 Å². The van der Waals surface area contributed by atoms with E-state index in [4.69, 9.17) is 14.5 Å². The molecule has 9 nitrogen and oxygen atoms in total. The summed E-state index contributed by atoms with van der Waals surface area (Å²) in [6.07, 6.45) is 3.16. The third kappa shape index (κ3) is 6.25. The Labute approximate surface area is 234 Å². The van der Waals surface area contributed by atoms with Crippen molar-refractivity contribution in [1.82, 2.24) is 13.9 Å². The summed E-state index contributed by atoms with van der Waals surface area (Å²) < 4.78 is 41.2. The van der Waals surface area contributed by atoms with Gasteiger partial charge in [0.05, 0.1) is 30.3 Å². The van der Waals surface area contributed by atoms with Gasteiger partial charge in [0, 0.05) is 30.6 Å². The number of hydrogen-bond donors (Lipinski definition) is 1. The van der Waals surface area contributed by atoms with Crippen LogP contribution in [0.1, 0.15) is 18.4 Å². The summed E-state index contributed by atoms with van der Waals surface area (Å²) in [7, 11) is -2.48. The second kappa shape index (κ2) is 12.0. The predicted octanol–water partition coefficient (Wildman–Crippen LogP) is 4.66. The smallest absolute Gasteiger partial charge is 0.243 e. The van der Waals surface area contributed by atoms with E-state index in [2.05, 4.69) is 5.32 Å². The lowest BCUT2D eigenvalue weighted by atomic mass is 10.2. The second-order valence-electron chi connectivity index (χ2n) is 9.68. The number of nitrogens with one attached hydrogen (secondary N) is 1. The van der Waals surface area contributed by atoms with E-state index in [1.807, 2.05) is 67.7 Å². The fourth-order valence-electron chi connectivity index (χ4n) is 4.68. The SMILES string of the molecule is COc1ccc(S(=O)(=O)N(CC(=O)Nc2nc(-c3ccccc3)cn2-c2cccc(C)c2)C[C@H]2CCCO2)cc1. The number of hydrogen-bond acceptors (Lipinski definition) is 6. The Hall–Kier alpha value is -3.99. The van der Waals surface area contributed by atoms with Gasteiger partial charge in [-0.3, -0.25) is 14.7 Å². The van der Waals surface area contributed by atoms with Crippen molar-refractivity contribution >= 4 is 21.9 Å². The van der Waals surface area contributed by atoms with Crippen LogP contribution < -0.4 is 10.1 Å². The van der Waals surface area contributed by atoms with Crippen molar-refractivity contribution < 1.29 is 22.7 Å². The molecule has 1 fully saturated rings. The molecule has 0 bridgehead atoms. The Kier molecular flexibility index (Phi) is 8.29. The number of carbonyl (C=O) groups excluding carboxylic acids is 1. The van der Waals surface area contributed by atoms with Gasteiger partial charge in [0.2, 0.25) is 21.9 Å². The topological polar surface area (TPSA) is 103 Å². The molecule has 1 N–H and O–H groups in total. The largest absolute Gasteiger partial charge is 0.497 e. The van der Waals surface area contributed by atoms with Gasteiger partial charge in [0.25, 0.3) is 0 Å².